The molecule has 1 N–H and O–H groups in total. The Kier molecular flexibility index (Phi) is 2.97. The number of rotatable bonds is 2. The van der Waals surface area contributed by atoms with E-state index in [0.717, 1.165) is 16.5 Å². The SMILES string of the molecule is c1csc(-c2n[nH]c(C3CCCCS3)n2)c1. The Labute approximate surface area is 103 Å². The summed E-state index contributed by atoms with van der Waals surface area (Å²) < 4.78 is 0. The van der Waals surface area contributed by atoms with E-state index in [-0.39, 0.29) is 0 Å². The molecule has 0 amide bonds. The molecule has 3 nitrogen and oxygen atoms in total. The first-order valence-corrected chi connectivity index (χ1v) is 7.44. The van der Waals surface area contributed by atoms with Crippen molar-refractivity contribution in [2.75, 3.05) is 5.75 Å². The summed E-state index contributed by atoms with van der Waals surface area (Å²) in [7, 11) is 0. The quantitative estimate of drug-likeness (QED) is 0.888. The number of hydrogen-bond donors (Lipinski definition) is 1. The number of nitrogens with zero attached hydrogens (tertiary/aromatic N) is 2. The molecule has 0 spiro atoms. The smallest absolute Gasteiger partial charge is 0.191 e. The Morgan fingerprint density at radius 2 is 2.38 bits per heavy atom. The summed E-state index contributed by atoms with van der Waals surface area (Å²) in [4.78, 5) is 5.74. The van der Waals surface area contributed by atoms with Gasteiger partial charge in [-0.1, -0.05) is 12.5 Å². The van der Waals surface area contributed by atoms with Crippen LogP contribution >= 0.6 is 23.1 Å². The van der Waals surface area contributed by atoms with Gasteiger partial charge in [-0.15, -0.1) is 11.3 Å². The zero-order valence-electron chi connectivity index (χ0n) is 8.85. The van der Waals surface area contributed by atoms with Crippen molar-refractivity contribution in [3.8, 4) is 10.7 Å². The summed E-state index contributed by atoms with van der Waals surface area (Å²) in [5.74, 6) is 3.14. The maximum absolute atomic E-state index is 4.60. The van der Waals surface area contributed by atoms with Crippen LogP contribution in [0.2, 0.25) is 0 Å². The molecule has 0 bridgehead atoms. The Hall–Kier alpha value is -0.810. The number of thioether (sulfide) groups is 1. The molecule has 1 aliphatic rings. The predicted molar refractivity (Wildman–Crippen MR) is 68.7 cm³/mol. The molecule has 1 aliphatic heterocycles. The van der Waals surface area contributed by atoms with Crippen LogP contribution in [0.5, 0.6) is 0 Å². The Morgan fingerprint density at radius 1 is 1.38 bits per heavy atom. The lowest BCUT2D eigenvalue weighted by molar-refractivity contribution is 0.664. The fourth-order valence-electron chi connectivity index (χ4n) is 1.89. The highest BCUT2D eigenvalue weighted by Crippen LogP contribution is 2.37. The average Bonchev–Trinajstić information content (AvgIpc) is 3.01. The van der Waals surface area contributed by atoms with Gasteiger partial charge in [-0.3, -0.25) is 5.10 Å². The molecule has 5 heteroatoms. The molecule has 3 heterocycles. The van der Waals surface area contributed by atoms with Gasteiger partial charge in [0.25, 0.3) is 0 Å². The van der Waals surface area contributed by atoms with Crippen molar-refractivity contribution in [2.24, 2.45) is 0 Å². The fourth-order valence-corrected chi connectivity index (χ4v) is 3.80. The molecule has 2 aromatic rings. The van der Waals surface area contributed by atoms with Gasteiger partial charge in [0.2, 0.25) is 0 Å². The van der Waals surface area contributed by atoms with Gasteiger partial charge in [0.15, 0.2) is 5.82 Å². The minimum absolute atomic E-state index is 0.523. The summed E-state index contributed by atoms with van der Waals surface area (Å²) in [5.41, 5.74) is 0. The van der Waals surface area contributed by atoms with Gasteiger partial charge >= 0.3 is 0 Å². The van der Waals surface area contributed by atoms with Crippen LogP contribution < -0.4 is 0 Å². The van der Waals surface area contributed by atoms with Gasteiger partial charge < -0.3 is 0 Å². The molecule has 0 aromatic carbocycles. The van der Waals surface area contributed by atoms with E-state index in [1.165, 1.54) is 25.0 Å². The topological polar surface area (TPSA) is 41.6 Å². The minimum atomic E-state index is 0.523. The fraction of sp³-hybridized carbons (Fsp3) is 0.455. The van der Waals surface area contributed by atoms with E-state index in [1.807, 2.05) is 17.8 Å². The van der Waals surface area contributed by atoms with E-state index in [1.54, 1.807) is 11.3 Å². The first-order chi connectivity index (χ1) is 7.93. The van der Waals surface area contributed by atoms with Crippen LogP contribution in [0.4, 0.5) is 0 Å². The number of hydrogen-bond acceptors (Lipinski definition) is 4. The Balaban J connectivity index is 1.82. The summed E-state index contributed by atoms with van der Waals surface area (Å²) in [5, 5.41) is 9.96. The van der Waals surface area contributed by atoms with Crippen LogP contribution in [-0.4, -0.2) is 20.9 Å². The monoisotopic (exact) mass is 251 g/mol. The van der Waals surface area contributed by atoms with Crippen molar-refractivity contribution in [1.82, 2.24) is 15.2 Å². The van der Waals surface area contributed by atoms with E-state index in [2.05, 4.69) is 26.6 Å². The van der Waals surface area contributed by atoms with E-state index >= 15 is 0 Å². The van der Waals surface area contributed by atoms with Crippen molar-refractivity contribution in [3.05, 3.63) is 23.3 Å². The molecule has 1 unspecified atom stereocenters. The lowest BCUT2D eigenvalue weighted by Crippen LogP contribution is -2.03. The van der Waals surface area contributed by atoms with Crippen molar-refractivity contribution in [3.63, 3.8) is 0 Å². The predicted octanol–water partition coefficient (Wildman–Crippen LogP) is 3.49. The first kappa shape index (κ1) is 10.4. The Morgan fingerprint density at radius 3 is 3.12 bits per heavy atom. The molecule has 1 fully saturated rings. The zero-order chi connectivity index (χ0) is 10.8. The van der Waals surface area contributed by atoms with Crippen molar-refractivity contribution in [1.29, 1.82) is 0 Å². The summed E-state index contributed by atoms with van der Waals surface area (Å²) in [6.07, 6.45) is 3.88. The second-order valence-electron chi connectivity index (χ2n) is 3.88. The molecule has 1 atom stereocenters. The second-order valence-corrected chi connectivity index (χ2v) is 6.14. The maximum atomic E-state index is 4.60. The van der Waals surface area contributed by atoms with Crippen LogP contribution in [0.25, 0.3) is 10.7 Å². The average molecular weight is 251 g/mol. The van der Waals surface area contributed by atoms with Crippen molar-refractivity contribution >= 4 is 23.1 Å². The molecule has 0 saturated carbocycles. The minimum Gasteiger partial charge on any atom is -0.262 e. The van der Waals surface area contributed by atoms with E-state index < -0.39 is 0 Å². The molecule has 2 aromatic heterocycles. The van der Waals surface area contributed by atoms with Crippen molar-refractivity contribution in [2.45, 2.75) is 24.5 Å². The molecule has 1 saturated heterocycles. The van der Waals surface area contributed by atoms with Gasteiger partial charge in [-0.25, -0.2) is 4.98 Å². The van der Waals surface area contributed by atoms with E-state index in [9.17, 15) is 0 Å². The van der Waals surface area contributed by atoms with Crippen LogP contribution in [0.15, 0.2) is 17.5 Å². The van der Waals surface area contributed by atoms with Crippen LogP contribution in [0.3, 0.4) is 0 Å². The highest BCUT2D eigenvalue weighted by atomic mass is 32.2. The summed E-state index contributed by atoms with van der Waals surface area (Å²) in [6.45, 7) is 0. The molecule has 3 rings (SSSR count). The van der Waals surface area contributed by atoms with Crippen molar-refractivity contribution < 1.29 is 0 Å². The molecule has 84 valence electrons. The normalized spacial score (nSPS) is 21.1. The lowest BCUT2D eigenvalue weighted by atomic mass is 10.2. The first-order valence-electron chi connectivity index (χ1n) is 5.51. The van der Waals surface area contributed by atoms with E-state index in [4.69, 9.17) is 0 Å². The maximum Gasteiger partial charge on any atom is 0.191 e. The number of aromatic amines is 1. The highest BCUT2D eigenvalue weighted by molar-refractivity contribution is 7.99. The Bertz CT molecular complexity index is 444. The molecule has 16 heavy (non-hydrogen) atoms. The van der Waals surface area contributed by atoms with Gasteiger partial charge in [0.1, 0.15) is 5.82 Å². The zero-order valence-corrected chi connectivity index (χ0v) is 10.5. The molecule has 0 aliphatic carbocycles. The lowest BCUT2D eigenvalue weighted by Gasteiger charge is -2.18. The highest BCUT2D eigenvalue weighted by Gasteiger charge is 2.20. The van der Waals surface area contributed by atoms with Crippen LogP contribution in [0, 0.1) is 0 Å². The largest absolute Gasteiger partial charge is 0.262 e. The second kappa shape index (κ2) is 4.59. The molecule has 0 radical (unpaired) electrons. The van der Waals surface area contributed by atoms with Crippen LogP contribution in [-0.2, 0) is 0 Å². The number of aromatic nitrogens is 3. The molecular weight excluding hydrogens is 238 g/mol. The van der Waals surface area contributed by atoms with Gasteiger partial charge in [-0.05, 0) is 30.0 Å². The summed E-state index contributed by atoms with van der Waals surface area (Å²) in [6, 6.07) is 4.09. The summed E-state index contributed by atoms with van der Waals surface area (Å²) >= 11 is 3.68. The van der Waals surface area contributed by atoms with Gasteiger partial charge in [0.05, 0.1) is 10.1 Å². The third-order valence-electron chi connectivity index (χ3n) is 2.73. The van der Waals surface area contributed by atoms with Gasteiger partial charge in [0, 0.05) is 0 Å². The van der Waals surface area contributed by atoms with Gasteiger partial charge in [-0.2, -0.15) is 16.9 Å². The number of nitrogens with one attached hydrogen (secondary N) is 1. The third-order valence-corrected chi connectivity index (χ3v) is 4.98. The molecular formula is C11H13N3S2. The standard InChI is InChI=1S/C11H13N3S2/c1-2-6-15-8(4-1)10-12-11(14-13-10)9-5-3-7-16-9/h3,5,7-8H,1-2,4,6H2,(H,12,13,14). The third kappa shape index (κ3) is 2.01. The number of H-pyrrole nitrogens is 1. The number of thiophene rings is 1. The van der Waals surface area contributed by atoms with E-state index in [0.29, 0.717) is 5.25 Å². The van der Waals surface area contributed by atoms with Crippen LogP contribution in [0.1, 0.15) is 30.3 Å².